The molecule has 1 saturated carbocycles. The maximum atomic E-state index is 6.17. The van der Waals surface area contributed by atoms with Gasteiger partial charge in [-0.15, -0.1) is 0 Å². The van der Waals surface area contributed by atoms with Crippen molar-refractivity contribution in [3.8, 4) is 0 Å². The summed E-state index contributed by atoms with van der Waals surface area (Å²) >= 11 is 0. The maximum absolute atomic E-state index is 6.17. The van der Waals surface area contributed by atoms with Gasteiger partial charge in [0.15, 0.2) is 11.9 Å². The Morgan fingerprint density at radius 3 is 2.70 bits per heavy atom. The number of fused-ring (bicyclic) bond motifs is 3. The van der Waals surface area contributed by atoms with E-state index in [0.717, 1.165) is 25.9 Å². The van der Waals surface area contributed by atoms with E-state index < -0.39 is 11.4 Å². The summed E-state index contributed by atoms with van der Waals surface area (Å²) in [6.07, 6.45) is 3.97. The normalized spacial score (nSPS) is 63.9. The molecule has 112 valence electrons. The highest BCUT2D eigenvalue weighted by Crippen LogP contribution is 2.63. The Hall–Kier alpha value is -0.200. The lowest BCUT2D eigenvalue weighted by molar-refractivity contribution is -0.567. The van der Waals surface area contributed by atoms with E-state index in [4.69, 9.17) is 24.0 Å². The van der Waals surface area contributed by atoms with Gasteiger partial charge in [-0.25, -0.2) is 9.78 Å². The summed E-state index contributed by atoms with van der Waals surface area (Å²) in [4.78, 5) is 11.8. The summed E-state index contributed by atoms with van der Waals surface area (Å²) < 4.78 is 18.0. The fourth-order valence-corrected chi connectivity index (χ4v) is 5.12. The SMILES string of the molecule is C[C@@H]1CC[C@H]2[C@@]3(CO[C@@H]4O[C@]5(C)CC[C@@H]1[C@]42OO5)CO3. The van der Waals surface area contributed by atoms with Crippen molar-refractivity contribution < 1.29 is 24.0 Å². The van der Waals surface area contributed by atoms with Crippen LogP contribution in [0.5, 0.6) is 0 Å². The Labute approximate surface area is 118 Å². The zero-order valence-electron chi connectivity index (χ0n) is 12.1. The topological polar surface area (TPSA) is 49.5 Å². The molecule has 0 N–H and O–H groups in total. The molecule has 0 unspecified atom stereocenters. The molecular weight excluding hydrogens is 260 g/mol. The van der Waals surface area contributed by atoms with Gasteiger partial charge in [0.2, 0.25) is 5.79 Å². The van der Waals surface area contributed by atoms with Crippen LogP contribution in [0.2, 0.25) is 0 Å². The van der Waals surface area contributed by atoms with Crippen molar-refractivity contribution in [2.75, 3.05) is 13.2 Å². The minimum Gasteiger partial charge on any atom is -0.367 e. The minimum absolute atomic E-state index is 0.139. The third-order valence-electron chi connectivity index (χ3n) is 6.35. The lowest BCUT2D eigenvalue weighted by Gasteiger charge is -2.58. The molecule has 6 fully saturated rings. The first kappa shape index (κ1) is 12.4. The van der Waals surface area contributed by atoms with Crippen molar-refractivity contribution in [2.45, 2.75) is 62.8 Å². The van der Waals surface area contributed by atoms with Gasteiger partial charge in [0.1, 0.15) is 5.60 Å². The van der Waals surface area contributed by atoms with Gasteiger partial charge in [-0.3, -0.25) is 0 Å². The largest absolute Gasteiger partial charge is 0.367 e. The minimum atomic E-state index is -0.660. The predicted molar refractivity (Wildman–Crippen MR) is 67.4 cm³/mol. The van der Waals surface area contributed by atoms with Crippen molar-refractivity contribution in [3.05, 3.63) is 0 Å². The number of rotatable bonds is 0. The molecule has 5 aliphatic heterocycles. The van der Waals surface area contributed by atoms with Crippen LogP contribution in [-0.2, 0) is 24.0 Å². The average molecular weight is 282 g/mol. The first-order valence-electron chi connectivity index (χ1n) is 7.88. The third kappa shape index (κ3) is 1.32. The molecule has 5 saturated heterocycles. The molecule has 0 aromatic carbocycles. The molecule has 2 bridgehead atoms. The van der Waals surface area contributed by atoms with Crippen LogP contribution in [0.1, 0.15) is 39.5 Å². The highest BCUT2D eigenvalue weighted by Gasteiger charge is 2.74. The molecule has 0 aromatic rings. The Kier molecular flexibility index (Phi) is 2.21. The molecule has 5 nitrogen and oxygen atoms in total. The second-order valence-corrected chi connectivity index (χ2v) is 7.52. The van der Waals surface area contributed by atoms with E-state index in [1.165, 1.54) is 6.42 Å². The summed E-state index contributed by atoms with van der Waals surface area (Å²) in [6.45, 7) is 5.70. The van der Waals surface area contributed by atoms with Gasteiger partial charge in [0.25, 0.3) is 0 Å². The van der Waals surface area contributed by atoms with Crippen LogP contribution >= 0.6 is 0 Å². The van der Waals surface area contributed by atoms with Crippen LogP contribution in [-0.4, -0.2) is 36.5 Å². The molecule has 20 heavy (non-hydrogen) atoms. The van der Waals surface area contributed by atoms with Crippen molar-refractivity contribution in [3.63, 3.8) is 0 Å². The van der Waals surface area contributed by atoms with Crippen LogP contribution in [0.15, 0.2) is 0 Å². The van der Waals surface area contributed by atoms with Gasteiger partial charge in [-0.05, 0) is 38.0 Å². The fourth-order valence-electron chi connectivity index (χ4n) is 5.12. The molecular formula is C15H22O5. The number of ether oxygens (including phenoxy) is 3. The number of epoxide rings is 1. The fraction of sp³-hybridized carbons (Fsp3) is 1.00. The maximum Gasteiger partial charge on any atom is 0.201 e. The Morgan fingerprint density at radius 2 is 1.90 bits per heavy atom. The monoisotopic (exact) mass is 282 g/mol. The lowest BCUT2D eigenvalue weighted by atomic mass is 9.58. The van der Waals surface area contributed by atoms with Crippen molar-refractivity contribution in [1.29, 1.82) is 0 Å². The molecule has 2 spiro atoms. The summed E-state index contributed by atoms with van der Waals surface area (Å²) in [5.74, 6) is 0.709. The highest BCUT2D eigenvalue weighted by molar-refractivity contribution is 5.17. The van der Waals surface area contributed by atoms with Crippen LogP contribution in [0.25, 0.3) is 0 Å². The quantitative estimate of drug-likeness (QED) is 0.502. The molecule has 5 heterocycles. The van der Waals surface area contributed by atoms with Gasteiger partial charge in [0, 0.05) is 12.3 Å². The Balaban J connectivity index is 1.65. The Bertz CT molecular complexity index is 450. The molecule has 5 heteroatoms. The van der Waals surface area contributed by atoms with Crippen molar-refractivity contribution >= 4 is 0 Å². The van der Waals surface area contributed by atoms with E-state index in [1.807, 2.05) is 6.92 Å². The lowest BCUT2D eigenvalue weighted by Crippen LogP contribution is -2.71. The second kappa shape index (κ2) is 3.58. The first-order chi connectivity index (χ1) is 9.58. The number of hydrogen-bond donors (Lipinski definition) is 0. The standard InChI is InChI=1S/C15H22O5/c1-9-3-4-11-14(8-17-14)7-16-12-15(11)10(9)5-6-13(2,18-12)19-20-15/h9-12H,3-8H2,1-2H3/t9-,10+,11+,12-,13+,14-,15-/m1/s1. The van der Waals surface area contributed by atoms with E-state index in [0.29, 0.717) is 24.4 Å². The van der Waals surface area contributed by atoms with E-state index in [1.54, 1.807) is 0 Å². The summed E-state index contributed by atoms with van der Waals surface area (Å²) in [7, 11) is 0. The highest BCUT2D eigenvalue weighted by atomic mass is 17.3. The van der Waals surface area contributed by atoms with Crippen molar-refractivity contribution in [1.82, 2.24) is 0 Å². The van der Waals surface area contributed by atoms with Gasteiger partial charge >= 0.3 is 0 Å². The zero-order chi connectivity index (χ0) is 13.6. The molecule has 0 amide bonds. The molecule has 0 aromatic heterocycles. The van der Waals surface area contributed by atoms with Crippen LogP contribution in [0, 0.1) is 17.8 Å². The summed E-state index contributed by atoms with van der Waals surface area (Å²) in [5.41, 5.74) is -0.609. The third-order valence-corrected chi connectivity index (χ3v) is 6.35. The van der Waals surface area contributed by atoms with E-state index in [9.17, 15) is 0 Å². The van der Waals surface area contributed by atoms with Gasteiger partial charge in [-0.2, -0.15) is 0 Å². The Morgan fingerprint density at radius 1 is 1.05 bits per heavy atom. The molecule has 7 atom stereocenters. The van der Waals surface area contributed by atoms with E-state index in [2.05, 4.69) is 6.92 Å². The molecule has 1 aliphatic carbocycles. The molecule has 6 rings (SSSR count). The van der Waals surface area contributed by atoms with Crippen LogP contribution in [0.3, 0.4) is 0 Å². The smallest absolute Gasteiger partial charge is 0.201 e. The zero-order valence-corrected chi connectivity index (χ0v) is 12.1. The van der Waals surface area contributed by atoms with Crippen LogP contribution < -0.4 is 0 Å². The average Bonchev–Trinajstić information content (AvgIpc) is 3.21. The second-order valence-electron chi connectivity index (χ2n) is 7.52. The molecule has 6 aliphatic rings. The van der Waals surface area contributed by atoms with E-state index in [-0.39, 0.29) is 11.9 Å². The molecule has 0 radical (unpaired) electrons. The number of hydrogen-bond acceptors (Lipinski definition) is 5. The van der Waals surface area contributed by atoms with E-state index >= 15 is 0 Å². The summed E-state index contributed by atoms with van der Waals surface area (Å²) in [6, 6.07) is 0. The summed E-state index contributed by atoms with van der Waals surface area (Å²) in [5, 5.41) is 0. The van der Waals surface area contributed by atoms with Gasteiger partial charge in [0.05, 0.1) is 13.2 Å². The first-order valence-corrected chi connectivity index (χ1v) is 7.88. The van der Waals surface area contributed by atoms with Gasteiger partial charge < -0.3 is 14.2 Å². The van der Waals surface area contributed by atoms with Crippen molar-refractivity contribution in [2.24, 2.45) is 17.8 Å². The predicted octanol–water partition coefficient (Wildman–Crippen LogP) is 2.00. The van der Waals surface area contributed by atoms with Crippen LogP contribution in [0.4, 0.5) is 0 Å². The van der Waals surface area contributed by atoms with Gasteiger partial charge in [-0.1, -0.05) is 6.92 Å².